The van der Waals surface area contributed by atoms with Gasteiger partial charge in [-0.15, -0.1) is 0 Å². The monoisotopic (exact) mass is 306 g/mol. The van der Waals surface area contributed by atoms with E-state index in [-0.39, 0.29) is 10.7 Å². The summed E-state index contributed by atoms with van der Waals surface area (Å²) < 4.78 is 0. The van der Waals surface area contributed by atoms with E-state index < -0.39 is 4.92 Å². The molecule has 110 valence electrons. The molecule has 8 nitrogen and oxygen atoms in total. The number of nitrogens with zero attached hydrogens (tertiary/aromatic N) is 5. The van der Waals surface area contributed by atoms with Gasteiger partial charge in [0.2, 0.25) is 5.95 Å². The van der Waals surface area contributed by atoms with Crippen molar-refractivity contribution < 1.29 is 4.92 Å². The molecule has 0 radical (unpaired) electrons. The molecule has 0 fully saturated rings. The summed E-state index contributed by atoms with van der Waals surface area (Å²) >= 11 is 1.06. The van der Waals surface area contributed by atoms with Crippen molar-refractivity contribution in [1.29, 1.82) is 0 Å². The average Bonchev–Trinajstić information content (AvgIpc) is 2.37. The maximum atomic E-state index is 11.1. The highest BCUT2D eigenvalue weighted by atomic mass is 32.2. The Labute approximate surface area is 125 Å². The topological polar surface area (TPSA) is 107 Å². The van der Waals surface area contributed by atoms with Crippen LogP contribution in [0.1, 0.15) is 18.3 Å². The van der Waals surface area contributed by atoms with Crippen LogP contribution in [-0.4, -0.2) is 31.4 Å². The lowest BCUT2D eigenvalue weighted by atomic mass is 10.4. The Morgan fingerprint density at radius 3 is 2.52 bits per heavy atom. The van der Waals surface area contributed by atoms with Crippen LogP contribution in [0, 0.1) is 24.0 Å². The van der Waals surface area contributed by atoms with E-state index in [1.165, 1.54) is 6.20 Å². The van der Waals surface area contributed by atoms with Crippen molar-refractivity contribution in [2.24, 2.45) is 0 Å². The SMILES string of the molecule is CCNc1ncc([N+](=O)[O-])c(Sc2nc(C)cc(C)n2)n1. The fourth-order valence-electron chi connectivity index (χ4n) is 1.63. The van der Waals surface area contributed by atoms with Gasteiger partial charge in [0, 0.05) is 17.9 Å². The van der Waals surface area contributed by atoms with Crippen molar-refractivity contribution in [3.63, 3.8) is 0 Å². The van der Waals surface area contributed by atoms with Crippen LogP contribution in [-0.2, 0) is 0 Å². The van der Waals surface area contributed by atoms with Gasteiger partial charge in [-0.05, 0) is 38.6 Å². The van der Waals surface area contributed by atoms with Crippen molar-refractivity contribution in [2.75, 3.05) is 11.9 Å². The molecule has 0 bridgehead atoms. The number of rotatable bonds is 5. The zero-order valence-electron chi connectivity index (χ0n) is 11.8. The molecule has 0 amide bonds. The van der Waals surface area contributed by atoms with E-state index in [0.717, 1.165) is 23.1 Å². The van der Waals surface area contributed by atoms with E-state index in [4.69, 9.17) is 0 Å². The second kappa shape index (κ2) is 6.44. The molecule has 2 aromatic heterocycles. The molecular formula is C12H14N6O2S. The number of aromatic nitrogens is 4. The Kier molecular flexibility index (Phi) is 4.63. The van der Waals surface area contributed by atoms with Gasteiger partial charge in [-0.1, -0.05) is 0 Å². The number of hydrogen-bond acceptors (Lipinski definition) is 8. The Morgan fingerprint density at radius 2 is 1.95 bits per heavy atom. The Morgan fingerprint density at radius 1 is 1.29 bits per heavy atom. The van der Waals surface area contributed by atoms with E-state index in [9.17, 15) is 10.1 Å². The molecule has 21 heavy (non-hydrogen) atoms. The standard InChI is InChI=1S/C12H14N6O2S/c1-4-13-11-14-6-9(18(19)20)10(17-11)21-12-15-7(2)5-8(3)16-12/h5-6H,4H2,1-3H3,(H,13,14,17). The lowest BCUT2D eigenvalue weighted by Gasteiger charge is -2.05. The summed E-state index contributed by atoms with van der Waals surface area (Å²) in [6.45, 7) is 6.21. The second-order valence-corrected chi connectivity index (χ2v) is 5.16. The molecule has 0 saturated carbocycles. The largest absolute Gasteiger partial charge is 0.354 e. The van der Waals surface area contributed by atoms with Crippen molar-refractivity contribution in [1.82, 2.24) is 19.9 Å². The third-order valence-corrected chi connectivity index (χ3v) is 3.28. The zero-order valence-corrected chi connectivity index (χ0v) is 12.6. The molecule has 0 unspecified atom stereocenters. The minimum Gasteiger partial charge on any atom is -0.354 e. The number of aryl methyl sites for hydroxylation is 2. The van der Waals surface area contributed by atoms with Gasteiger partial charge in [-0.2, -0.15) is 4.98 Å². The minimum atomic E-state index is -0.513. The Hall–Kier alpha value is -2.29. The Balaban J connectivity index is 2.40. The van der Waals surface area contributed by atoms with Crippen LogP contribution in [0.15, 0.2) is 22.4 Å². The predicted molar refractivity (Wildman–Crippen MR) is 78.5 cm³/mol. The van der Waals surface area contributed by atoms with E-state index in [2.05, 4.69) is 25.3 Å². The van der Waals surface area contributed by atoms with Crippen molar-refractivity contribution >= 4 is 23.4 Å². The zero-order chi connectivity index (χ0) is 15.4. The van der Waals surface area contributed by atoms with Crippen LogP contribution in [0.4, 0.5) is 11.6 Å². The molecule has 0 aliphatic rings. The summed E-state index contributed by atoms with van der Waals surface area (Å²) in [5.74, 6) is 0.343. The first-order valence-electron chi connectivity index (χ1n) is 6.25. The number of anilines is 1. The summed E-state index contributed by atoms with van der Waals surface area (Å²) in [4.78, 5) is 27.1. The molecule has 9 heteroatoms. The van der Waals surface area contributed by atoms with Gasteiger partial charge in [0.05, 0.1) is 4.92 Å². The summed E-state index contributed by atoms with van der Waals surface area (Å²) in [5, 5.41) is 14.6. The normalized spacial score (nSPS) is 10.4. The molecule has 1 N–H and O–H groups in total. The quantitative estimate of drug-likeness (QED) is 0.388. The number of hydrogen-bond donors (Lipinski definition) is 1. The minimum absolute atomic E-state index is 0.163. The summed E-state index contributed by atoms with van der Waals surface area (Å²) in [6.07, 6.45) is 1.19. The fraction of sp³-hybridized carbons (Fsp3) is 0.333. The molecule has 2 aromatic rings. The highest BCUT2D eigenvalue weighted by Crippen LogP contribution is 2.31. The molecule has 0 atom stereocenters. The molecule has 0 spiro atoms. The average molecular weight is 306 g/mol. The molecule has 0 saturated heterocycles. The predicted octanol–water partition coefficient (Wildman–Crippen LogP) is 2.37. The highest BCUT2D eigenvalue weighted by Gasteiger charge is 2.19. The van der Waals surface area contributed by atoms with Gasteiger partial charge >= 0.3 is 5.69 Å². The van der Waals surface area contributed by atoms with E-state index in [0.29, 0.717) is 17.6 Å². The van der Waals surface area contributed by atoms with Crippen molar-refractivity contribution in [3.8, 4) is 0 Å². The van der Waals surface area contributed by atoms with Crippen molar-refractivity contribution in [2.45, 2.75) is 31.0 Å². The first-order valence-corrected chi connectivity index (χ1v) is 7.06. The summed E-state index contributed by atoms with van der Waals surface area (Å²) in [5.41, 5.74) is 1.44. The lowest BCUT2D eigenvalue weighted by Crippen LogP contribution is -2.05. The van der Waals surface area contributed by atoms with E-state index in [1.807, 2.05) is 26.8 Å². The summed E-state index contributed by atoms with van der Waals surface area (Å²) in [7, 11) is 0. The first-order chi connectivity index (χ1) is 9.99. The van der Waals surface area contributed by atoms with E-state index in [1.54, 1.807) is 0 Å². The fourth-order valence-corrected chi connectivity index (χ4v) is 2.55. The van der Waals surface area contributed by atoms with Gasteiger partial charge in [0.25, 0.3) is 0 Å². The number of nitro groups is 1. The third kappa shape index (κ3) is 3.85. The van der Waals surface area contributed by atoms with E-state index >= 15 is 0 Å². The van der Waals surface area contributed by atoms with Crippen LogP contribution in [0.3, 0.4) is 0 Å². The van der Waals surface area contributed by atoms with Crippen LogP contribution in [0.25, 0.3) is 0 Å². The lowest BCUT2D eigenvalue weighted by molar-refractivity contribution is -0.388. The van der Waals surface area contributed by atoms with Crippen LogP contribution < -0.4 is 5.32 Å². The van der Waals surface area contributed by atoms with Gasteiger partial charge in [0.1, 0.15) is 6.20 Å². The molecule has 2 heterocycles. The van der Waals surface area contributed by atoms with Crippen LogP contribution in [0.2, 0.25) is 0 Å². The van der Waals surface area contributed by atoms with Crippen LogP contribution >= 0.6 is 11.8 Å². The molecule has 0 aromatic carbocycles. The maximum absolute atomic E-state index is 11.1. The van der Waals surface area contributed by atoms with Crippen molar-refractivity contribution in [3.05, 3.63) is 33.8 Å². The molecule has 0 aliphatic carbocycles. The second-order valence-electron chi connectivity index (χ2n) is 4.21. The maximum Gasteiger partial charge on any atom is 0.320 e. The van der Waals surface area contributed by atoms with Gasteiger partial charge < -0.3 is 5.32 Å². The Bertz CT molecular complexity index is 659. The first kappa shape index (κ1) is 15.1. The third-order valence-electron chi connectivity index (χ3n) is 2.42. The highest BCUT2D eigenvalue weighted by molar-refractivity contribution is 7.99. The molecular weight excluding hydrogens is 292 g/mol. The number of nitrogens with one attached hydrogen (secondary N) is 1. The van der Waals surface area contributed by atoms with Gasteiger partial charge in [0.15, 0.2) is 10.2 Å². The van der Waals surface area contributed by atoms with Crippen LogP contribution in [0.5, 0.6) is 0 Å². The smallest absolute Gasteiger partial charge is 0.320 e. The summed E-state index contributed by atoms with van der Waals surface area (Å²) in [6, 6.07) is 1.84. The van der Waals surface area contributed by atoms with Gasteiger partial charge in [-0.3, -0.25) is 10.1 Å². The van der Waals surface area contributed by atoms with Gasteiger partial charge in [-0.25, -0.2) is 15.0 Å². The molecule has 2 rings (SSSR count). The molecule has 0 aliphatic heterocycles.